The Kier molecular flexibility index (Phi) is 6.43. The Labute approximate surface area is 180 Å². The number of rotatable bonds is 5. The van der Waals surface area contributed by atoms with Crippen molar-refractivity contribution >= 4 is 35.2 Å². The molecule has 4 nitrogen and oxygen atoms in total. The molecule has 2 aromatic carbocycles. The van der Waals surface area contributed by atoms with Crippen LogP contribution in [0.1, 0.15) is 22.5 Å². The van der Waals surface area contributed by atoms with Crippen LogP contribution in [-0.4, -0.2) is 10.5 Å². The van der Waals surface area contributed by atoms with Crippen molar-refractivity contribution in [3.8, 4) is 11.8 Å². The topological polar surface area (TPSA) is 57.8 Å². The normalized spacial score (nSPS) is 11.2. The zero-order valence-corrected chi connectivity index (χ0v) is 17.6. The Hall–Kier alpha value is -3.00. The third-order valence-corrected chi connectivity index (χ3v) is 5.41. The molecular formula is C23H19Cl2N3O. The fourth-order valence-electron chi connectivity index (χ4n) is 3.15. The van der Waals surface area contributed by atoms with E-state index in [0.717, 1.165) is 28.2 Å². The van der Waals surface area contributed by atoms with Gasteiger partial charge < -0.3 is 9.88 Å². The SMILES string of the molecule is Cc1cc(/C=C(/C#N)C(=O)NCc2ccccc2)c(C)n1-c1cccc(Cl)c1Cl. The molecule has 0 unspecified atom stereocenters. The molecular weight excluding hydrogens is 405 g/mol. The quantitative estimate of drug-likeness (QED) is 0.427. The van der Waals surface area contributed by atoms with Crippen LogP contribution in [0, 0.1) is 25.2 Å². The first-order valence-corrected chi connectivity index (χ1v) is 9.75. The minimum Gasteiger partial charge on any atom is -0.347 e. The van der Waals surface area contributed by atoms with Crippen LogP contribution in [0.5, 0.6) is 0 Å². The van der Waals surface area contributed by atoms with E-state index in [1.807, 2.05) is 73.0 Å². The number of halogens is 2. The highest BCUT2D eigenvalue weighted by Gasteiger charge is 2.16. The number of carbonyl (C=O) groups excluding carboxylic acids is 1. The Morgan fingerprint density at radius 3 is 2.55 bits per heavy atom. The van der Waals surface area contributed by atoms with Crippen molar-refractivity contribution in [1.82, 2.24) is 9.88 Å². The summed E-state index contributed by atoms with van der Waals surface area (Å²) in [6.45, 7) is 4.20. The molecule has 0 aliphatic carbocycles. The predicted octanol–water partition coefficient (Wildman–Crippen LogP) is 5.62. The molecule has 3 aromatic rings. The Balaban J connectivity index is 1.90. The van der Waals surface area contributed by atoms with Gasteiger partial charge in [0.2, 0.25) is 0 Å². The molecule has 3 rings (SSSR count). The number of carbonyl (C=O) groups is 1. The summed E-state index contributed by atoms with van der Waals surface area (Å²) in [4.78, 5) is 12.5. The van der Waals surface area contributed by atoms with Gasteiger partial charge in [0, 0.05) is 17.9 Å². The van der Waals surface area contributed by atoms with Crippen LogP contribution in [0.25, 0.3) is 11.8 Å². The molecule has 146 valence electrons. The van der Waals surface area contributed by atoms with Crippen molar-refractivity contribution in [3.05, 3.63) is 92.7 Å². The van der Waals surface area contributed by atoms with Crippen molar-refractivity contribution in [2.45, 2.75) is 20.4 Å². The molecule has 0 saturated heterocycles. The zero-order valence-electron chi connectivity index (χ0n) is 16.0. The number of aromatic nitrogens is 1. The zero-order chi connectivity index (χ0) is 21.0. The molecule has 0 radical (unpaired) electrons. The van der Waals surface area contributed by atoms with Gasteiger partial charge in [-0.05, 0) is 49.2 Å². The van der Waals surface area contributed by atoms with Gasteiger partial charge in [0.05, 0.1) is 15.7 Å². The molecule has 6 heteroatoms. The van der Waals surface area contributed by atoms with Crippen LogP contribution in [0.4, 0.5) is 0 Å². The number of nitrogens with one attached hydrogen (secondary N) is 1. The van der Waals surface area contributed by atoms with E-state index in [1.165, 1.54) is 0 Å². The molecule has 1 N–H and O–H groups in total. The molecule has 0 spiro atoms. The summed E-state index contributed by atoms with van der Waals surface area (Å²) >= 11 is 12.5. The van der Waals surface area contributed by atoms with Gasteiger partial charge in [-0.3, -0.25) is 4.79 Å². The van der Waals surface area contributed by atoms with Crippen molar-refractivity contribution in [2.75, 3.05) is 0 Å². The lowest BCUT2D eigenvalue weighted by molar-refractivity contribution is -0.117. The second kappa shape index (κ2) is 9.00. The number of benzene rings is 2. The molecule has 0 atom stereocenters. The number of nitrogens with zero attached hydrogens (tertiary/aromatic N) is 2. The molecule has 0 aliphatic rings. The summed E-state index contributed by atoms with van der Waals surface area (Å²) in [6, 6.07) is 18.9. The Morgan fingerprint density at radius 1 is 1.14 bits per heavy atom. The number of nitriles is 1. The van der Waals surface area contributed by atoms with Gasteiger partial charge in [0.15, 0.2) is 0 Å². The fourth-order valence-corrected chi connectivity index (χ4v) is 3.53. The smallest absolute Gasteiger partial charge is 0.262 e. The fraction of sp³-hybridized carbons (Fsp3) is 0.130. The minimum absolute atomic E-state index is 0.0402. The van der Waals surface area contributed by atoms with E-state index in [2.05, 4.69) is 5.32 Å². The molecule has 0 bridgehead atoms. The summed E-state index contributed by atoms with van der Waals surface area (Å²) in [5, 5.41) is 13.2. The Morgan fingerprint density at radius 2 is 1.86 bits per heavy atom. The number of hydrogen-bond donors (Lipinski definition) is 1. The van der Waals surface area contributed by atoms with E-state index in [9.17, 15) is 10.1 Å². The molecule has 0 aliphatic heterocycles. The molecule has 1 aromatic heterocycles. The van der Waals surface area contributed by atoms with Gasteiger partial charge in [0.1, 0.15) is 11.6 Å². The lowest BCUT2D eigenvalue weighted by atomic mass is 10.1. The Bertz CT molecular complexity index is 1130. The van der Waals surface area contributed by atoms with Gasteiger partial charge in [-0.25, -0.2) is 0 Å². The average Bonchev–Trinajstić information content (AvgIpc) is 3.00. The maximum Gasteiger partial charge on any atom is 0.262 e. The highest BCUT2D eigenvalue weighted by atomic mass is 35.5. The van der Waals surface area contributed by atoms with E-state index in [-0.39, 0.29) is 5.57 Å². The van der Waals surface area contributed by atoms with Crippen LogP contribution < -0.4 is 5.32 Å². The predicted molar refractivity (Wildman–Crippen MR) is 117 cm³/mol. The van der Waals surface area contributed by atoms with E-state index in [1.54, 1.807) is 12.1 Å². The lowest BCUT2D eigenvalue weighted by Gasteiger charge is -2.12. The number of hydrogen-bond acceptors (Lipinski definition) is 2. The van der Waals surface area contributed by atoms with E-state index < -0.39 is 5.91 Å². The summed E-state index contributed by atoms with van der Waals surface area (Å²) in [7, 11) is 0. The highest BCUT2D eigenvalue weighted by Crippen LogP contribution is 2.32. The van der Waals surface area contributed by atoms with Crippen molar-refractivity contribution in [2.24, 2.45) is 0 Å². The average molecular weight is 424 g/mol. The van der Waals surface area contributed by atoms with Gasteiger partial charge in [0.25, 0.3) is 5.91 Å². The molecule has 0 saturated carbocycles. The monoisotopic (exact) mass is 423 g/mol. The summed E-state index contributed by atoms with van der Waals surface area (Å²) in [6.07, 6.45) is 1.59. The first-order valence-electron chi connectivity index (χ1n) is 8.99. The van der Waals surface area contributed by atoms with Gasteiger partial charge in [-0.1, -0.05) is 59.6 Å². The van der Waals surface area contributed by atoms with E-state index >= 15 is 0 Å². The van der Waals surface area contributed by atoms with Crippen LogP contribution in [0.2, 0.25) is 10.0 Å². The standard InChI is InChI=1S/C23H19Cl2N3O/c1-15-11-18(16(2)28(15)21-10-6-9-20(24)22(21)25)12-19(13-26)23(29)27-14-17-7-4-3-5-8-17/h3-12H,14H2,1-2H3,(H,27,29)/b19-12-. The first kappa shape index (κ1) is 20.7. The molecule has 0 fully saturated rings. The molecule has 29 heavy (non-hydrogen) atoms. The van der Waals surface area contributed by atoms with Crippen molar-refractivity contribution in [1.29, 1.82) is 5.26 Å². The van der Waals surface area contributed by atoms with Gasteiger partial charge in [-0.2, -0.15) is 5.26 Å². The highest BCUT2D eigenvalue weighted by molar-refractivity contribution is 6.43. The lowest BCUT2D eigenvalue weighted by Crippen LogP contribution is -2.23. The van der Waals surface area contributed by atoms with E-state index in [4.69, 9.17) is 23.2 Å². The summed E-state index contributed by atoms with van der Waals surface area (Å²) < 4.78 is 1.96. The van der Waals surface area contributed by atoms with Crippen LogP contribution in [0.3, 0.4) is 0 Å². The van der Waals surface area contributed by atoms with Crippen molar-refractivity contribution < 1.29 is 4.79 Å². The first-order chi connectivity index (χ1) is 13.9. The summed E-state index contributed by atoms with van der Waals surface area (Å²) in [5.74, 6) is -0.415. The second-order valence-corrected chi connectivity index (χ2v) is 7.36. The maximum atomic E-state index is 12.5. The van der Waals surface area contributed by atoms with E-state index in [0.29, 0.717) is 16.6 Å². The largest absolute Gasteiger partial charge is 0.347 e. The van der Waals surface area contributed by atoms with Crippen LogP contribution >= 0.6 is 23.2 Å². The maximum absolute atomic E-state index is 12.5. The summed E-state index contributed by atoms with van der Waals surface area (Å²) in [5.41, 5.74) is 4.30. The third-order valence-electron chi connectivity index (χ3n) is 4.60. The number of amides is 1. The molecule has 1 heterocycles. The second-order valence-electron chi connectivity index (χ2n) is 6.57. The minimum atomic E-state index is -0.415. The molecule has 1 amide bonds. The number of aryl methyl sites for hydroxylation is 1. The van der Waals surface area contributed by atoms with Crippen LogP contribution in [0.15, 0.2) is 60.2 Å². The van der Waals surface area contributed by atoms with Gasteiger partial charge in [-0.15, -0.1) is 0 Å². The third kappa shape index (κ3) is 4.54. The van der Waals surface area contributed by atoms with Crippen molar-refractivity contribution in [3.63, 3.8) is 0 Å². The van der Waals surface area contributed by atoms with Crippen LogP contribution in [-0.2, 0) is 11.3 Å². The van der Waals surface area contributed by atoms with Gasteiger partial charge >= 0.3 is 0 Å².